The molecule has 0 bridgehead atoms. The fourth-order valence-electron chi connectivity index (χ4n) is 2.58. The van der Waals surface area contributed by atoms with E-state index in [1.54, 1.807) is 24.8 Å². The number of rotatable bonds is 5. The second-order valence-electron chi connectivity index (χ2n) is 5.18. The highest BCUT2D eigenvalue weighted by Crippen LogP contribution is 2.26. The predicted molar refractivity (Wildman–Crippen MR) is 78.3 cm³/mol. The van der Waals surface area contributed by atoms with E-state index in [-0.39, 0.29) is 10.8 Å². The van der Waals surface area contributed by atoms with Crippen molar-refractivity contribution in [2.24, 2.45) is 0 Å². The number of furan rings is 1. The SMILES string of the molecule is C=CCN1CCC(N(C)S(=O)(=O)c2cc(C)oc2C)C1=O. The molecule has 21 heavy (non-hydrogen) atoms. The van der Waals surface area contributed by atoms with Gasteiger partial charge in [0.15, 0.2) is 0 Å². The number of amides is 1. The van der Waals surface area contributed by atoms with Crippen molar-refractivity contribution in [1.29, 1.82) is 0 Å². The average Bonchev–Trinajstić information content (AvgIpc) is 2.93. The Morgan fingerprint density at radius 1 is 1.52 bits per heavy atom. The van der Waals surface area contributed by atoms with Crippen LogP contribution in [0.3, 0.4) is 0 Å². The molecule has 0 N–H and O–H groups in total. The van der Waals surface area contributed by atoms with Gasteiger partial charge in [-0.25, -0.2) is 8.42 Å². The first kappa shape index (κ1) is 15.8. The van der Waals surface area contributed by atoms with Crippen LogP contribution in [-0.2, 0) is 14.8 Å². The maximum Gasteiger partial charge on any atom is 0.247 e. The van der Waals surface area contributed by atoms with E-state index in [2.05, 4.69) is 6.58 Å². The minimum absolute atomic E-state index is 0.123. The van der Waals surface area contributed by atoms with Gasteiger partial charge in [0.05, 0.1) is 0 Å². The number of carbonyl (C=O) groups excluding carboxylic acids is 1. The van der Waals surface area contributed by atoms with Crippen LogP contribution >= 0.6 is 0 Å². The highest BCUT2D eigenvalue weighted by atomic mass is 32.2. The van der Waals surface area contributed by atoms with E-state index in [4.69, 9.17) is 4.42 Å². The van der Waals surface area contributed by atoms with Gasteiger partial charge in [0.25, 0.3) is 0 Å². The summed E-state index contributed by atoms with van der Waals surface area (Å²) >= 11 is 0. The quantitative estimate of drug-likeness (QED) is 0.769. The Hall–Kier alpha value is -1.60. The number of sulfonamides is 1. The number of aryl methyl sites for hydroxylation is 2. The highest BCUT2D eigenvalue weighted by molar-refractivity contribution is 7.89. The standard InChI is InChI=1S/C14H20N2O4S/c1-5-7-16-8-6-12(14(16)17)15(4)21(18,19)13-9-10(2)20-11(13)3/h5,9,12H,1,6-8H2,2-4H3. The monoisotopic (exact) mass is 312 g/mol. The van der Waals surface area contributed by atoms with E-state index in [1.165, 1.54) is 13.1 Å². The lowest BCUT2D eigenvalue weighted by molar-refractivity contribution is -0.130. The highest BCUT2D eigenvalue weighted by Gasteiger charge is 2.40. The van der Waals surface area contributed by atoms with Gasteiger partial charge >= 0.3 is 0 Å². The van der Waals surface area contributed by atoms with Crippen molar-refractivity contribution in [1.82, 2.24) is 9.21 Å². The summed E-state index contributed by atoms with van der Waals surface area (Å²) in [4.78, 5) is 14.0. The Morgan fingerprint density at radius 3 is 2.71 bits per heavy atom. The van der Waals surface area contributed by atoms with Gasteiger partial charge in [-0.1, -0.05) is 6.08 Å². The van der Waals surface area contributed by atoms with E-state index in [9.17, 15) is 13.2 Å². The second kappa shape index (κ2) is 5.65. The van der Waals surface area contributed by atoms with E-state index >= 15 is 0 Å². The number of hydrogen-bond acceptors (Lipinski definition) is 4. The Bertz CT molecular complexity index is 663. The van der Waals surface area contributed by atoms with Crippen molar-refractivity contribution in [3.05, 3.63) is 30.2 Å². The molecule has 1 amide bonds. The maximum atomic E-state index is 12.6. The summed E-state index contributed by atoms with van der Waals surface area (Å²) in [6, 6.07) is 0.826. The fraction of sp³-hybridized carbons (Fsp3) is 0.500. The van der Waals surface area contributed by atoms with Crippen molar-refractivity contribution in [3.8, 4) is 0 Å². The van der Waals surface area contributed by atoms with Crippen LogP contribution in [0.1, 0.15) is 17.9 Å². The third kappa shape index (κ3) is 2.75. The average molecular weight is 312 g/mol. The third-order valence-corrected chi connectivity index (χ3v) is 5.68. The predicted octanol–water partition coefficient (Wildman–Crippen LogP) is 1.30. The van der Waals surface area contributed by atoms with Crippen LogP contribution < -0.4 is 0 Å². The molecule has 2 heterocycles. The molecule has 7 heteroatoms. The van der Waals surface area contributed by atoms with Gasteiger partial charge in [0.2, 0.25) is 15.9 Å². The summed E-state index contributed by atoms with van der Waals surface area (Å²) in [7, 11) is -2.30. The van der Waals surface area contributed by atoms with E-state index in [1.807, 2.05) is 0 Å². The summed E-state index contributed by atoms with van der Waals surface area (Å²) in [5.74, 6) is 0.692. The minimum atomic E-state index is -3.74. The number of likely N-dealkylation sites (tertiary alicyclic amines) is 1. The van der Waals surface area contributed by atoms with Crippen molar-refractivity contribution < 1.29 is 17.6 Å². The van der Waals surface area contributed by atoms with Gasteiger partial charge in [-0.15, -0.1) is 6.58 Å². The molecule has 116 valence electrons. The topological polar surface area (TPSA) is 70.8 Å². The minimum Gasteiger partial charge on any atom is -0.465 e. The van der Waals surface area contributed by atoms with Crippen LogP contribution in [0.15, 0.2) is 28.0 Å². The van der Waals surface area contributed by atoms with Crippen LogP contribution in [0.4, 0.5) is 0 Å². The molecule has 0 radical (unpaired) electrons. The smallest absolute Gasteiger partial charge is 0.247 e. The Kier molecular flexibility index (Phi) is 4.25. The molecule has 1 aliphatic heterocycles. The Morgan fingerprint density at radius 2 is 2.19 bits per heavy atom. The van der Waals surface area contributed by atoms with E-state index in [0.717, 1.165) is 4.31 Å². The first-order valence-electron chi connectivity index (χ1n) is 6.73. The van der Waals surface area contributed by atoms with Crippen LogP contribution in [0, 0.1) is 13.8 Å². The van der Waals surface area contributed by atoms with Gasteiger partial charge in [-0.3, -0.25) is 4.79 Å². The summed E-state index contributed by atoms with van der Waals surface area (Å²) in [6.45, 7) is 7.88. The van der Waals surface area contributed by atoms with Crippen molar-refractivity contribution in [2.45, 2.75) is 31.2 Å². The van der Waals surface area contributed by atoms with Gasteiger partial charge in [0, 0.05) is 20.1 Å². The molecular formula is C14H20N2O4S. The molecule has 1 atom stereocenters. The lowest BCUT2D eigenvalue weighted by Crippen LogP contribution is -2.42. The molecule has 0 aliphatic carbocycles. The number of carbonyl (C=O) groups is 1. The zero-order chi connectivity index (χ0) is 15.8. The van der Waals surface area contributed by atoms with Gasteiger partial charge in [-0.05, 0) is 26.3 Å². The lowest BCUT2D eigenvalue weighted by atomic mass is 10.2. The van der Waals surface area contributed by atoms with E-state index in [0.29, 0.717) is 31.0 Å². The van der Waals surface area contributed by atoms with Crippen LogP contribution in [0.25, 0.3) is 0 Å². The van der Waals surface area contributed by atoms with Gasteiger partial charge in [-0.2, -0.15) is 4.31 Å². The van der Waals surface area contributed by atoms with Gasteiger partial charge in [0.1, 0.15) is 22.5 Å². The van der Waals surface area contributed by atoms with Crippen molar-refractivity contribution in [3.63, 3.8) is 0 Å². The summed E-state index contributed by atoms with van der Waals surface area (Å²) < 4.78 is 31.7. The summed E-state index contributed by atoms with van der Waals surface area (Å²) in [5, 5.41) is 0. The van der Waals surface area contributed by atoms with Crippen molar-refractivity contribution >= 4 is 15.9 Å². The summed E-state index contributed by atoms with van der Waals surface area (Å²) in [6.07, 6.45) is 2.12. The molecule has 1 unspecified atom stereocenters. The Balaban J connectivity index is 2.27. The van der Waals surface area contributed by atoms with Gasteiger partial charge < -0.3 is 9.32 Å². The molecule has 1 saturated heterocycles. The third-order valence-electron chi connectivity index (χ3n) is 3.71. The normalized spacial score (nSPS) is 19.5. The van der Waals surface area contributed by atoms with Crippen molar-refractivity contribution in [2.75, 3.05) is 20.1 Å². The first-order chi connectivity index (χ1) is 9.78. The molecule has 0 saturated carbocycles. The molecular weight excluding hydrogens is 292 g/mol. The number of nitrogens with zero attached hydrogens (tertiary/aromatic N) is 2. The molecule has 1 aromatic heterocycles. The number of likely N-dealkylation sites (N-methyl/N-ethyl adjacent to an activating group) is 1. The number of hydrogen-bond donors (Lipinski definition) is 0. The molecule has 2 rings (SSSR count). The van der Waals surface area contributed by atoms with Crippen LogP contribution in [0.5, 0.6) is 0 Å². The van der Waals surface area contributed by atoms with Crippen LogP contribution in [0.2, 0.25) is 0 Å². The molecule has 6 nitrogen and oxygen atoms in total. The molecule has 0 spiro atoms. The maximum absolute atomic E-state index is 12.6. The zero-order valence-electron chi connectivity index (χ0n) is 12.5. The zero-order valence-corrected chi connectivity index (χ0v) is 13.3. The second-order valence-corrected chi connectivity index (χ2v) is 7.14. The molecule has 1 aromatic rings. The largest absolute Gasteiger partial charge is 0.465 e. The summed E-state index contributed by atoms with van der Waals surface area (Å²) in [5.41, 5.74) is 0. The first-order valence-corrected chi connectivity index (χ1v) is 8.17. The lowest BCUT2D eigenvalue weighted by Gasteiger charge is -2.22. The Labute approximate surface area is 125 Å². The fourth-order valence-corrected chi connectivity index (χ4v) is 4.14. The molecule has 0 aromatic carbocycles. The molecule has 1 aliphatic rings. The van der Waals surface area contributed by atoms with E-state index < -0.39 is 16.1 Å². The van der Waals surface area contributed by atoms with Crippen LogP contribution in [-0.4, -0.2) is 49.7 Å². The molecule has 1 fully saturated rings.